The van der Waals surface area contributed by atoms with Crippen molar-refractivity contribution in [2.75, 3.05) is 6.54 Å². The van der Waals surface area contributed by atoms with Gasteiger partial charge in [0.1, 0.15) is 0 Å². The third-order valence-corrected chi connectivity index (χ3v) is 3.06. The van der Waals surface area contributed by atoms with E-state index in [9.17, 15) is 9.59 Å². The monoisotopic (exact) mass is 248 g/mol. The Morgan fingerprint density at radius 1 is 1.56 bits per heavy atom. The van der Waals surface area contributed by atoms with Gasteiger partial charge in [0.15, 0.2) is 6.10 Å². The Morgan fingerprint density at radius 3 is 2.94 bits per heavy atom. The van der Waals surface area contributed by atoms with Gasteiger partial charge in [-0.3, -0.25) is 9.59 Å². The number of amides is 1. The van der Waals surface area contributed by atoms with Gasteiger partial charge in [0.2, 0.25) is 0 Å². The van der Waals surface area contributed by atoms with E-state index in [2.05, 4.69) is 5.32 Å². The van der Waals surface area contributed by atoms with Gasteiger partial charge in [-0.25, -0.2) is 0 Å². The summed E-state index contributed by atoms with van der Waals surface area (Å²) in [7, 11) is 0. The highest BCUT2D eigenvalue weighted by molar-refractivity contribution is 5.86. The van der Waals surface area contributed by atoms with E-state index in [-0.39, 0.29) is 24.2 Å². The molecule has 2 atom stereocenters. The van der Waals surface area contributed by atoms with Crippen LogP contribution in [0.4, 0.5) is 0 Å². The van der Waals surface area contributed by atoms with E-state index in [1.54, 1.807) is 19.1 Å². The first-order chi connectivity index (χ1) is 9.10. The Hall–Kier alpha value is -1.84. The predicted octanol–water partition coefficient (Wildman–Crippen LogP) is 1.30. The van der Waals surface area contributed by atoms with Crippen LogP contribution in [-0.2, 0) is 20.7 Å². The standard InChI is InChI=1S/C14H17NO3/c1-2-12(16)18-13-11(9-15-14(13)17)8-10-6-4-3-5-7-10/h3-7,11,13H,2,8-9H2,1H3,(H,15,17)/t11?,13-/m1/s1/i3D. The van der Waals surface area contributed by atoms with Crippen molar-refractivity contribution in [1.82, 2.24) is 5.32 Å². The van der Waals surface area contributed by atoms with Crippen molar-refractivity contribution in [1.29, 1.82) is 0 Å². The van der Waals surface area contributed by atoms with Gasteiger partial charge >= 0.3 is 5.97 Å². The van der Waals surface area contributed by atoms with Gasteiger partial charge in [-0.15, -0.1) is 0 Å². The normalized spacial score (nSPS) is 23.4. The molecule has 1 N–H and O–H groups in total. The third-order valence-electron chi connectivity index (χ3n) is 3.06. The molecule has 1 unspecified atom stereocenters. The largest absolute Gasteiger partial charge is 0.452 e. The molecular formula is C14H17NO3. The van der Waals surface area contributed by atoms with E-state index in [1.165, 1.54) is 0 Å². The van der Waals surface area contributed by atoms with Crippen LogP contribution in [0.15, 0.2) is 30.3 Å². The number of esters is 1. The summed E-state index contributed by atoms with van der Waals surface area (Å²) in [4.78, 5) is 23.0. The van der Waals surface area contributed by atoms with Gasteiger partial charge in [-0.1, -0.05) is 37.2 Å². The van der Waals surface area contributed by atoms with Crippen molar-refractivity contribution in [3.8, 4) is 0 Å². The number of benzene rings is 1. The first kappa shape index (κ1) is 11.3. The van der Waals surface area contributed by atoms with Crippen LogP contribution < -0.4 is 5.32 Å². The molecule has 0 radical (unpaired) electrons. The minimum atomic E-state index is -0.692. The molecule has 0 aromatic heterocycles. The third kappa shape index (κ3) is 2.88. The molecule has 4 nitrogen and oxygen atoms in total. The molecule has 18 heavy (non-hydrogen) atoms. The summed E-state index contributed by atoms with van der Waals surface area (Å²) in [6.07, 6.45) is 0.230. The zero-order chi connectivity index (χ0) is 13.8. The topological polar surface area (TPSA) is 55.4 Å². The quantitative estimate of drug-likeness (QED) is 0.817. The molecule has 4 heteroatoms. The van der Waals surface area contributed by atoms with Crippen molar-refractivity contribution in [2.24, 2.45) is 5.92 Å². The SMILES string of the molecule is [2H]c1ccc(CC2CNC(=O)[C@@H]2OC(=O)CC)cc1. The minimum Gasteiger partial charge on any atom is -0.452 e. The molecule has 0 bridgehead atoms. The Morgan fingerprint density at radius 2 is 2.28 bits per heavy atom. The summed E-state index contributed by atoms with van der Waals surface area (Å²) >= 11 is 0. The van der Waals surface area contributed by atoms with Crippen LogP contribution in [0.2, 0.25) is 0 Å². The predicted molar refractivity (Wildman–Crippen MR) is 66.8 cm³/mol. The van der Waals surface area contributed by atoms with E-state index in [0.29, 0.717) is 19.0 Å². The molecule has 0 aliphatic carbocycles. The van der Waals surface area contributed by atoms with Gasteiger partial charge in [0, 0.05) is 18.9 Å². The smallest absolute Gasteiger partial charge is 0.306 e. The van der Waals surface area contributed by atoms with Crippen LogP contribution in [0.5, 0.6) is 0 Å². The number of rotatable bonds is 4. The Labute approximate surface area is 108 Å². The molecule has 1 aromatic carbocycles. The second kappa shape index (κ2) is 5.67. The van der Waals surface area contributed by atoms with E-state index >= 15 is 0 Å². The van der Waals surface area contributed by atoms with Crippen LogP contribution >= 0.6 is 0 Å². The fraction of sp³-hybridized carbons (Fsp3) is 0.429. The Kier molecular flexibility index (Phi) is 3.55. The van der Waals surface area contributed by atoms with Crippen LogP contribution in [0.3, 0.4) is 0 Å². The second-order valence-corrected chi connectivity index (χ2v) is 4.38. The average molecular weight is 248 g/mol. The molecule has 1 aliphatic heterocycles. The number of carbonyl (C=O) groups is 2. The highest BCUT2D eigenvalue weighted by Crippen LogP contribution is 2.20. The summed E-state index contributed by atoms with van der Waals surface area (Å²) < 4.78 is 12.6. The van der Waals surface area contributed by atoms with Gasteiger partial charge < -0.3 is 10.1 Å². The summed E-state index contributed by atoms with van der Waals surface area (Å²) in [5.41, 5.74) is 1.04. The van der Waals surface area contributed by atoms with Crippen LogP contribution in [-0.4, -0.2) is 24.5 Å². The maximum absolute atomic E-state index is 11.7. The van der Waals surface area contributed by atoms with E-state index in [0.717, 1.165) is 5.56 Å². The van der Waals surface area contributed by atoms with Gasteiger partial charge in [0.25, 0.3) is 5.91 Å². The highest BCUT2D eigenvalue weighted by Gasteiger charge is 2.37. The van der Waals surface area contributed by atoms with Crippen molar-refractivity contribution < 1.29 is 15.7 Å². The molecule has 96 valence electrons. The van der Waals surface area contributed by atoms with Crippen LogP contribution in [0.25, 0.3) is 0 Å². The number of carbonyl (C=O) groups excluding carboxylic acids is 2. The summed E-state index contributed by atoms with van der Waals surface area (Å²) in [6.45, 7) is 2.22. The molecule has 1 heterocycles. The van der Waals surface area contributed by atoms with Crippen molar-refractivity contribution in [2.45, 2.75) is 25.9 Å². The summed E-state index contributed by atoms with van der Waals surface area (Å²) in [5.74, 6) is -0.614. The van der Waals surface area contributed by atoms with Crippen molar-refractivity contribution in [3.63, 3.8) is 0 Å². The molecule has 0 spiro atoms. The fourth-order valence-corrected chi connectivity index (χ4v) is 2.07. The molecule has 1 aliphatic rings. The lowest BCUT2D eigenvalue weighted by atomic mass is 9.96. The number of hydrogen-bond acceptors (Lipinski definition) is 3. The number of hydrogen-bond donors (Lipinski definition) is 1. The first-order valence-corrected chi connectivity index (χ1v) is 6.13. The molecule has 1 fully saturated rings. The molecule has 0 saturated carbocycles. The van der Waals surface area contributed by atoms with Gasteiger partial charge in [-0.2, -0.15) is 0 Å². The van der Waals surface area contributed by atoms with E-state index in [1.807, 2.05) is 12.1 Å². The molecule has 2 rings (SSSR count). The molecule has 1 saturated heterocycles. The lowest BCUT2D eigenvalue weighted by molar-refractivity contribution is -0.155. The Bertz CT molecular complexity index is 472. The molecular weight excluding hydrogens is 230 g/mol. The van der Waals surface area contributed by atoms with Crippen LogP contribution in [0, 0.1) is 5.92 Å². The molecule has 1 amide bonds. The fourth-order valence-electron chi connectivity index (χ4n) is 2.07. The number of ether oxygens (including phenoxy) is 1. The molecule has 1 aromatic rings. The lowest BCUT2D eigenvalue weighted by Gasteiger charge is -2.17. The van der Waals surface area contributed by atoms with E-state index in [4.69, 9.17) is 6.11 Å². The summed E-state index contributed by atoms with van der Waals surface area (Å²) in [6, 6.07) is 7.62. The van der Waals surface area contributed by atoms with E-state index < -0.39 is 6.10 Å². The lowest BCUT2D eigenvalue weighted by Crippen LogP contribution is -2.31. The van der Waals surface area contributed by atoms with Crippen molar-refractivity contribution in [3.05, 3.63) is 35.9 Å². The zero-order valence-corrected chi connectivity index (χ0v) is 10.3. The maximum atomic E-state index is 11.7. The van der Waals surface area contributed by atoms with Crippen LogP contribution in [0.1, 0.15) is 20.3 Å². The van der Waals surface area contributed by atoms with Gasteiger partial charge in [-0.05, 0) is 12.0 Å². The second-order valence-electron chi connectivity index (χ2n) is 4.38. The summed E-state index contributed by atoms with van der Waals surface area (Å²) in [5, 5.41) is 2.73. The van der Waals surface area contributed by atoms with Crippen molar-refractivity contribution >= 4 is 11.9 Å². The zero-order valence-electron chi connectivity index (χ0n) is 11.3. The Balaban J connectivity index is 2.03. The minimum absolute atomic E-state index is 0.0421. The maximum Gasteiger partial charge on any atom is 0.306 e. The number of nitrogens with one attached hydrogen (secondary N) is 1. The average Bonchev–Trinajstić information content (AvgIpc) is 2.74. The highest BCUT2D eigenvalue weighted by atomic mass is 16.5. The first-order valence-electron chi connectivity index (χ1n) is 6.63. The van der Waals surface area contributed by atoms with Gasteiger partial charge in [0.05, 0.1) is 1.37 Å².